The van der Waals surface area contributed by atoms with E-state index in [-0.39, 0.29) is 28.4 Å². The molecule has 0 aliphatic heterocycles. The second kappa shape index (κ2) is 13.5. The Bertz CT molecular complexity index is 2380. The molecule has 0 unspecified atom stereocenters. The first-order valence-electron chi connectivity index (χ1n) is 16.8. The highest BCUT2D eigenvalue weighted by molar-refractivity contribution is 6.28. The van der Waals surface area contributed by atoms with Gasteiger partial charge < -0.3 is 4.40 Å². The van der Waals surface area contributed by atoms with Gasteiger partial charge in [0.1, 0.15) is 5.69 Å². The van der Waals surface area contributed by atoms with E-state index in [4.69, 9.17) is 0 Å². The number of hydrogen-bond acceptors (Lipinski definition) is 3. The maximum absolute atomic E-state index is 14.7. The monoisotopic (exact) mass is 657 g/mol. The van der Waals surface area contributed by atoms with E-state index in [1.54, 1.807) is 59.1 Å². The fourth-order valence-electron chi connectivity index (χ4n) is 6.64. The van der Waals surface area contributed by atoms with E-state index in [2.05, 4.69) is 0 Å². The minimum Gasteiger partial charge on any atom is -0.312 e. The van der Waals surface area contributed by atoms with Crippen LogP contribution in [0, 0.1) is 0 Å². The average molecular weight is 658 g/mol. The van der Waals surface area contributed by atoms with Crippen LogP contribution < -0.4 is 0 Å². The molecule has 2 heterocycles. The first-order chi connectivity index (χ1) is 25.1. The van der Waals surface area contributed by atoms with Crippen LogP contribution in [0.2, 0.25) is 0 Å². The van der Waals surface area contributed by atoms with Crippen LogP contribution in [0.3, 0.4) is 0 Å². The molecular weight excluding hydrogens is 627 g/mol. The van der Waals surface area contributed by atoms with Crippen LogP contribution in [0.5, 0.6) is 0 Å². The van der Waals surface area contributed by atoms with Gasteiger partial charge in [-0.3, -0.25) is 14.4 Å². The zero-order valence-corrected chi connectivity index (χ0v) is 27.6. The molecule has 0 atom stereocenters. The molecule has 6 aromatic carbocycles. The van der Waals surface area contributed by atoms with Gasteiger partial charge in [-0.05, 0) is 45.5 Å². The molecule has 4 nitrogen and oxygen atoms in total. The number of pyridine rings is 1. The third kappa shape index (κ3) is 6.00. The van der Waals surface area contributed by atoms with E-state index >= 15 is 0 Å². The summed E-state index contributed by atoms with van der Waals surface area (Å²) in [5.41, 5.74) is 8.13. The molecule has 0 bridgehead atoms. The topological polar surface area (TPSA) is 55.6 Å². The maximum atomic E-state index is 14.7. The number of carbonyl (C=O) groups is 3. The molecule has 8 rings (SSSR count). The van der Waals surface area contributed by atoms with Crippen LogP contribution >= 0.6 is 0 Å². The quantitative estimate of drug-likeness (QED) is 0.145. The summed E-state index contributed by atoms with van der Waals surface area (Å²) in [6, 6.07) is 57.3. The molecular formula is C47H31NO3. The fraction of sp³-hybridized carbons (Fsp3) is 0. The summed E-state index contributed by atoms with van der Waals surface area (Å²) >= 11 is 0. The van der Waals surface area contributed by atoms with Crippen LogP contribution in [-0.4, -0.2) is 21.8 Å². The predicted molar refractivity (Wildman–Crippen MR) is 203 cm³/mol. The van der Waals surface area contributed by atoms with E-state index in [0.29, 0.717) is 22.2 Å². The van der Waals surface area contributed by atoms with Gasteiger partial charge in [-0.2, -0.15) is 0 Å². The number of rotatable bonds is 9. The largest absolute Gasteiger partial charge is 0.312 e. The van der Waals surface area contributed by atoms with Crippen LogP contribution in [0.4, 0.5) is 0 Å². The molecule has 0 saturated carbocycles. The number of carbonyl (C=O) groups excluding carboxylic acids is 3. The Morgan fingerprint density at radius 1 is 0.314 bits per heavy atom. The van der Waals surface area contributed by atoms with E-state index in [9.17, 15) is 14.4 Å². The molecule has 0 N–H and O–H groups in total. The van der Waals surface area contributed by atoms with Gasteiger partial charge in [0.2, 0.25) is 5.78 Å². The number of hydrogen-bond donors (Lipinski definition) is 0. The SMILES string of the molecule is O=C(c1ccc(-c2ccccc2)cc1)c1c(C(=O)c2ccc(-c3ccccc3)cc2)c2ccccn2c1C(=O)c1ccc(-c2ccccc2)cc1. The molecule has 0 saturated heterocycles. The van der Waals surface area contributed by atoms with E-state index in [0.717, 1.165) is 33.4 Å². The Hall–Kier alpha value is -6.91. The zero-order valence-electron chi connectivity index (χ0n) is 27.6. The van der Waals surface area contributed by atoms with Crippen LogP contribution in [0.25, 0.3) is 38.9 Å². The normalized spacial score (nSPS) is 11.0. The summed E-state index contributed by atoms with van der Waals surface area (Å²) in [7, 11) is 0. The van der Waals surface area contributed by atoms with Gasteiger partial charge in [-0.25, -0.2) is 0 Å². The van der Waals surface area contributed by atoms with Crippen molar-refractivity contribution in [2.24, 2.45) is 0 Å². The first kappa shape index (κ1) is 31.4. The lowest BCUT2D eigenvalue weighted by Crippen LogP contribution is -2.15. The van der Waals surface area contributed by atoms with Crippen molar-refractivity contribution in [3.05, 3.63) is 222 Å². The van der Waals surface area contributed by atoms with Gasteiger partial charge in [0.25, 0.3) is 0 Å². The molecule has 0 spiro atoms. The highest BCUT2D eigenvalue weighted by Crippen LogP contribution is 2.32. The minimum atomic E-state index is -0.396. The van der Waals surface area contributed by atoms with E-state index in [1.165, 1.54) is 0 Å². The second-order valence-corrected chi connectivity index (χ2v) is 12.4. The van der Waals surface area contributed by atoms with Crippen molar-refractivity contribution in [1.82, 2.24) is 4.40 Å². The third-order valence-electron chi connectivity index (χ3n) is 9.28. The molecule has 0 aliphatic carbocycles. The maximum Gasteiger partial charge on any atom is 0.210 e. The minimum absolute atomic E-state index is 0.0860. The Morgan fingerprint density at radius 2 is 0.647 bits per heavy atom. The van der Waals surface area contributed by atoms with Crippen molar-refractivity contribution in [2.45, 2.75) is 0 Å². The van der Waals surface area contributed by atoms with Crippen molar-refractivity contribution >= 4 is 22.9 Å². The molecule has 0 fully saturated rings. The zero-order chi connectivity index (χ0) is 34.7. The van der Waals surface area contributed by atoms with Crippen molar-refractivity contribution in [1.29, 1.82) is 0 Å². The summed E-state index contributed by atoms with van der Waals surface area (Å²) in [4.78, 5) is 43.9. The highest BCUT2D eigenvalue weighted by atomic mass is 16.1. The number of aromatic nitrogens is 1. The van der Waals surface area contributed by atoms with Crippen molar-refractivity contribution in [3.63, 3.8) is 0 Å². The van der Waals surface area contributed by atoms with Gasteiger partial charge in [-0.1, -0.05) is 170 Å². The third-order valence-corrected chi connectivity index (χ3v) is 9.28. The van der Waals surface area contributed by atoms with Crippen molar-refractivity contribution in [3.8, 4) is 33.4 Å². The molecule has 51 heavy (non-hydrogen) atoms. The molecule has 2 aromatic heterocycles. The Labute approximate surface area is 295 Å². The molecule has 0 aliphatic rings. The van der Waals surface area contributed by atoms with Gasteiger partial charge in [-0.15, -0.1) is 0 Å². The van der Waals surface area contributed by atoms with Gasteiger partial charge >= 0.3 is 0 Å². The smallest absolute Gasteiger partial charge is 0.210 e. The van der Waals surface area contributed by atoms with Gasteiger partial charge in [0.05, 0.1) is 16.6 Å². The lowest BCUT2D eigenvalue weighted by Gasteiger charge is -2.10. The summed E-state index contributed by atoms with van der Waals surface area (Å²) < 4.78 is 1.69. The summed E-state index contributed by atoms with van der Waals surface area (Å²) in [6.07, 6.45) is 1.74. The van der Waals surface area contributed by atoms with E-state index in [1.807, 2.05) is 133 Å². The number of nitrogens with zero attached hydrogens (tertiary/aromatic N) is 1. The molecule has 4 heteroatoms. The Morgan fingerprint density at radius 3 is 1.06 bits per heavy atom. The van der Waals surface area contributed by atoms with Crippen LogP contribution in [0.15, 0.2) is 188 Å². The van der Waals surface area contributed by atoms with Crippen molar-refractivity contribution < 1.29 is 14.4 Å². The average Bonchev–Trinajstić information content (AvgIpc) is 3.56. The van der Waals surface area contributed by atoms with Crippen LogP contribution in [0.1, 0.15) is 47.9 Å². The molecule has 242 valence electrons. The molecule has 8 aromatic rings. The Balaban J connectivity index is 1.27. The molecule has 0 radical (unpaired) electrons. The van der Waals surface area contributed by atoms with Crippen LogP contribution in [-0.2, 0) is 0 Å². The first-order valence-corrected chi connectivity index (χ1v) is 16.8. The second-order valence-electron chi connectivity index (χ2n) is 12.4. The summed E-state index contributed by atoms with van der Waals surface area (Å²) in [5, 5.41) is 0. The molecule has 0 amide bonds. The fourth-order valence-corrected chi connectivity index (χ4v) is 6.64. The van der Waals surface area contributed by atoms with Crippen molar-refractivity contribution in [2.75, 3.05) is 0 Å². The highest BCUT2D eigenvalue weighted by Gasteiger charge is 2.32. The lowest BCUT2D eigenvalue weighted by molar-refractivity contribution is 0.0991. The van der Waals surface area contributed by atoms with Gasteiger partial charge in [0, 0.05) is 22.9 Å². The standard InChI is InChI=1S/C47H31NO3/c49-45(38-25-19-35(20-26-38)32-12-4-1-5-13-32)42-41-18-10-11-31-48(41)44(47(51)40-29-23-37(24-30-40)34-16-8-3-9-17-34)43(42)46(50)39-27-21-36(22-28-39)33-14-6-2-7-15-33/h1-31H. The predicted octanol–water partition coefficient (Wildman–Crippen LogP) is 10.6. The van der Waals surface area contributed by atoms with E-state index < -0.39 is 5.78 Å². The number of ketones is 3. The Kier molecular flexibility index (Phi) is 8.33. The number of fused-ring (bicyclic) bond motifs is 1. The van der Waals surface area contributed by atoms with Gasteiger partial charge in [0.15, 0.2) is 11.6 Å². The summed E-state index contributed by atoms with van der Waals surface area (Å²) in [5.74, 6) is -1.08. The lowest BCUT2D eigenvalue weighted by atomic mass is 9.91. The number of benzene rings is 6. The summed E-state index contributed by atoms with van der Waals surface area (Å²) in [6.45, 7) is 0.